The first-order valence-electron chi connectivity index (χ1n) is 4.81. The molecule has 2 N–H and O–H groups in total. The fraction of sp³-hybridized carbons (Fsp3) is 0.500. The molecule has 0 bridgehead atoms. The zero-order chi connectivity index (χ0) is 10.9. The topological polar surface area (TPSA) is 35.2 Å². The smallest absolute Gasteiger partial charge is 0.127 e. The van der Waals surface area contributed by atoms with E-state index in [1.165, 1.54) is 11.1 Å². The van der Waals surface area contributed by atoms with Gasteiger partial charge < -0.3 is 10.5 Å². The van der Waals surface area contributed by atoms with Gasteiger partial charge in [0.25, 0.3) is 0 Å². The Balaban J connectivity index is 3.39. The van der Waals surface area contributed by atoms with Crippen LogP contribution in [0.15, 0.2) is 12.1 Å². The van der Waals surface area contributed by atoms with Crippen molar-refractivity contribution >= 4 is 0 Å². The molecule has 0 saturated heterocycles. The lowest BCUT2D eigenvalue weighted by Gasteiger charge is -2.24. The number of ether oxygens (including phenoxy) is 1. The molecule has 2 heteroatoms. The molecule has 0 amide bonds. The molecular formula is C12H19NO. The highest BCUT2D eigenvalue weighted by Gasteiger charge is 2.20. The second kappa shape index (κ2) is 3.62. The first-order valence-corrected chi connectivity index (χ1v) is 4.81. The van der Waals surface area contributed by atoms with Crippen LogP contribution in [-0.2, 0) is 5.54 Å². The van der Waals surface area contributed by atoms with Crippen molar-refractivity contribution in [2.45, 2.75) is 33.2 Å². The van der Waals surface area contributed by atoms with Gasteiger partial charge in [-0.2, -0.15) is 0 Å². The number of aryl methyl sites for hydroxylation is 1. The molecule has 1 aromatic carbocycles. The fourth-order valence-electron chi connectivity index (χ4n) is 1.56. The highest BCUT2D eigenvalue weighted by Crippen LogP contribution is 2.32. The lowest BCUT2D eigenvalue weighted by atomic mass is 9.91. The Morgan fingerprint density at radius 1 is 1.21 bits per heavy atom. The van der Waals surface area contributed by atoms with Crippen molar-refractivity contribution < 1.29 is 4.74 Å². The van der Waals surface area contributed by atoms with Crippen molar-refractivity contribution in [3.05, 3.63) is 28.8 Å². The highest BCUT2D eigenvalue weighted by molar-refractivity contribution is 5.47. The highest BCUT2D eigenvalue weighted by atomic mass is 16.5. The minimum Gasteiger partial charge on any atom is -0.496 e. The summed E-state index contributed by atoms with van der Waals surface area (Å²) in [7, 11) is 1.69. The molecular weight excluding hydrogens is 174 g/mol. The molecule has 0 spiro atoms. The third kappa shape index (κ3) is 1.90. The minimum atomic E-state index is -0.357. The number of nitrogens with two attached hydrogens (primary N) is 1. The summed E-state index contributed by atoms with van der Waals surface area (Å²) in [6, 6.07) is 4.13. The van der Waals surface area contributed by atoms with E-state index in [1.54, 1.807) is 7.11 Å². The maximum atomic E-state index is 6.07. The maximum Gasteiger partial charge on any atom is 0.127 e. The largest absolute Gasteiger partial charge is 0.496 e. The van der Waals surface area contributed by atoms with Gasteiger partial charge in [0, 0.05) is 11.1 Å². The molecule has 0 aliphatic rings. The van der Waals surface area contributed by atoms with Crippen LogP contribution in [0.3, 0.4) is 0 Å². The van der Waals surface area contributed by atoms with E-state index < -0.39 is 0 Å². The summed E-state index contributed by atoms with van der Waals surface area (Å²) in [5.74, 6) is 0.914. The molecule has 0 unspecified atom stereocenters. The molecule has 0 atom stereocenters. The van der Waals surface area contributed by atoms with Crippen LogP contribution in [0.4, 0.5) is 0 Å². The SMILES string of the molecule is COc1c(C(C)(C)N)ccc(C)c1C. The number of benzene rings is 1. The Morgan fingerprint density at radius 2 is 1.79 bits per heavy atom. The Hall–Kier alpha value is -1.02. The van der Waals surface area contributed by atoms with Gasteiger partial charge in [-0.15, -0.1) is 0 Å². The fourth-order valence-corrected chi connectivity index (χ4v) is 1.56. The minimum absolute atomic E-state index is 0.357. The monoisotopic (exact) mass is 193 g/mol. The average molecular weight is 193 g/mol. The Labute approximate surface area is 86.1 Å². The van der Waals surface area contributed by atoms with Gasteiger partial charge in [-0.05, 0) is 38.8 Å². The van der Waals surface area contributed by atoms with Crippen LogP contribution >= 0.6 is 0 Å². The Morgan fingerprint density at radius 3 is 2.21 bits per heavy atom. The molecule has 78 valence electrons. The van der Waals surface area contributed by atoms with Crippen LogP contribution < -0.4 is 10.5 Å². The van der Waals surface area contributed by atoms with Crippen molar-refractivity contribution in [3.63, 3.8) is 0 Å². The molecule has 2 nitrogen and oxygen atoms in total. The second-order valence-electron chi connectivity index (χ2n) is 4.31. The average Bonchev–Trinajstić information content (AvgIpc) is 2.07. The summed E-state index contributed by atoms with van der Waals surface area (Å²) in [5.41, 5.74) is 9.17. The maximum absolute atomic E-state index is 6.07. The van der Waals surface area contributed by atoms with Gasteiger partial charge in [0.1, 0.15) is 5.75 Å². The van der Waals surface area contributed by atoms with Crippen molar-refractivity contribution in [1.29, 1.82) is 0 Å². The van der Waals surface area contributed by atoms with Crippen LogP contribution in [0.1, 0.15) is 30.5 Å². The van der Waals surface area contributed by atoms with Crippen LogP contribution in [-0.4, -0.2) is 7.11 Å². The van der Waals surface area contributed by atoms with Gasteiger partial charge in [-0.1, -0.05) is 12.1 Å². The summed E-state index contributed by atoms with van der Waals surface area (Å²) < 4.78 is 5.40. The summed E-state index contributed by atoms with van der Waals surface area (Å²) in [6.45, 7) is 8.10. The zero-order valence-corrected chi connectivity index (χ0v) is 9.64. The molecule has 0 radical (unpaired) electrons. The molecule has 0 heterocycles. The van der Waals surface area contributed by atoms with Crippen LogP contribution in [0.25, 0.3) is 0 Å². The van der Waals surface area contributed by atoms with Gasteiger partial charge in [-0.25, -0.2) is 0 Å². The number of hydrogen-bond donors (Lipinski definition) is 1. The van der Waals surface area contributed by atoms with Crippen LogP contribution in [0.5, 0.6) is 5.75 Å². The first-order chi connectivity index (χ1) is 6.38. The predicted octanol–water partition coefficient (Wildman–Crippen LogP) is 2.51. The van der Waals surface area contributed by atoms with Crippen molar-refractivity contribution in [1.82, 2.24) is 0 Å². The van der Waals surface area contributed by atoms with Crippen molar-refractivity contribution in [3.8, 4) is 5.75 Å². The van der Waals surface area contributed by atoms with E-state index in [-0.39, 0.29) is 5.54 Å². The number of methoxy groups -OCH3 is 1. The van der Waals surface area contributed by atoms with Gasteiger partial charge in [0.15, 0.2) is 0 Å². The zero-order valence-electron chi connectivity index (χ0n) is 9.64. The van der Waals surface area contributed by atoms with E-state index >= 15 is 0 Å². The Kier molecular flexibility index (Phi) is 2.86. The van der Waals surface area contributed by atoms with Crippen LogP contribution in [0.2, 0.25) is 0 Å². The van der Waals surface area contributed by atoms with E-state index in [9.17, 15) is 0 Å². The summed E-state index contributed by atoms with van der Waals surface area (Å²) in [5, 5.41) is 0. The molecule has 1 aromatic rings. The molecule has 0 fully saturated rings. The van der Waals surface area contributed by atoms with E-state index in [0.29, 0.717) is 0 Å². The molecule has 14 heavy (non-hydrogen) atoms. The second-order valence-corrected chi connectivity index (χ2v) is 4.31. The van der Waals surface area contributed by atoms with Gasteiger partial charge >= 0.3 is 0 Å². The van der Waals surface area contributed by atoms with Crippen LogP contribution in [0, 0.1) is 13.8 Å². The van der Waals surface area contributed by atoms with Gasteiger partial charge in [0.2, 0.25) is 0 Å². The summed E-state index contributed by atoms with van der Waals surface area (Å²) in [6.07, 6.45) is 0. The summed E-state index contributed by atoms with van der Waals surface area (Å²) in [4.78, 5) is 0. The Bertz CT molecular complexity index is 337. The first kappa shape index (κ1) is 11.1. The molecule has 0 saturated carbocycles. The van der Waals surface area contributed by atoms with Gasteiger partial charge in [-0.3, -0.25) is 0 Å². The lowest BCUT2D eigenvalue weighted by molar-refractivity contribution is 0.391. The van der Waals surface area contributed by atoms with Crippen molar-refractivity contribution in [2.75, 3.05) is 7.11 Å². The standard InChI is InChI=1S/C12H19NO/c1-8-6-7-10(12(3,4)13)11(14-5)9(8)2/h6-7H,13H2,1-5H3. The number of hydrogen-bond acceptors (Lipinski definition) is 2. The van der Waals surface area contributed by atoms with E-state index in [1.807, 2.05) is 19.9 Å². The third-order valence-electron chi connectivity index (χ3n) is 2.58. The quantitative estimate of drug-likeness (QED) is 0.783. The normalized spacial score (nSPS) is 11.6. The molecule has 0 aliphatic carbocycles. The molecule has 0 aromatic heterocycles. The number of rotatable bonds is 2. The van der Waals surface area contributed by atoms with E-state index in [0.717, 1.165) is 11.3 Å². The van der Waals surface area contributed by atoms with Crippen molar-refractivity contribution in [2.24, 2.45) is 5.73 Å². The van der Waals surface area contributed by atoms with E-state index in [2.05, 4.69) is 19.9 Å². The van der Waals surface area contributed by atoms with E-state index in [4.69, 9.17) is 10.5 Å². The predicted molar refractivity (Wildman–Crippen MR) is 59.7 cm³/mol. The third-order valence-corrected chi connectivity index (χ3v) is 2.58. The van der Waals surface area contributed by atoms with Gasteiger partial charge in [0.05, 0.1) is 7.11 Å². The molecule has 1 rings (SSSR count). The summed E-state index contributed by atoms with van der Waals surface area (Å²) >= 11 is 0. The molecule has 0 aliphatic heterocycles. The lowest BCUT2D eigenvalue weighted by Crippen LogP contribution is -2.29.